The van der Waals surface area contributed by atoms with Crippen LogP contribution >= 0.6 is 11.3 Å². The number of rotatable bonds is 7. The Morgan fingerprint density at radius 2 is 1.94 bits per heavy atom. The molecule has 0 bridgehead atoms. The Labute approximate surface area is 201 Å². The molecule has 176 valence electrons. The Kier molecular flexibility index (Phi) is 6.78. The van der Waals surface area contributed by atoms with Gasteiger partial charge in [0.1, 0.15) is 0 Å². The minimum Gasteiger partial charge on any atom is -0.397 e. The lowest BCUT2D eigenvalue weighted by Gasteiger charge is -2.29. The molecular weight excluding hydrogens is 452 g/mol. The number of amides is 1. The summed E-state index contributed by atoms with van der Waals surface area (Å²) in [6, 6.07) is 14.9. The van der Waals surface area contributed by atoms with E-state index in [9.17, 15) is 14.9 Å². The molecule has 1 aliphatic rings. The second kappa shape index (κ2) is 9.92. The topological polar surface area (TPSA) is 126 Å². The lowest BCUT2D eigenvalue weighted by atomic mass is 10.0. The maximum absolute atomic E-state index is 12.7. The highest BCUT2D eigenvalue weighted by molar-refractivity contribution is 7.13. The normalized spacial score (nSPS) is 13.5. The third-order valence-corrected chi connectivity index (χ3v) is 6.63. The minimum absolute atomic E-state index is 0.326. The second-order valence-corrected chi connectivity index (χ2v) is 9.39. The number of nitrogens with one attached hydrogen (secondary N) is 2. The van der Waals surface area contributed by atoms with Crippen molar-refractivity contribution < 1.29 is 9.72 Å². The van der Waals surface area contributed by atoms with Crippen molar-refractivity contribution in [3.63, 3.8) is 0 Å². The van der Waals surface area contributed by atoms with Crippen LogP contribution in [-0.2, 0) is 13.0 Å². The Morgan fingerprint density at radius 1 is 1.21 bits per heavy atom. The summed E-state index contributed by atoms with van der Waals surface area (Å²) < 4.78 is 0. The van der Waals surface area contributed by atoms with Crippen molar-refractivity contribution in [1.82, 2.24) is 9.88 Å². The minimum atomic E-state index is -0.462. The lowest BCUT2D eigenvalue weighted by molar-refractivity contribution is -0.404. The van der Waals surface area contributed by atoms with Crippen LogP contribution in [0.1, 0.15) is 45.7 Å². The summed E-state index contributed by atoms with van der Waals surface area (Å²) in [4.78, 5) is 30.9. The highest BCUT2D eigenvalue weighted by atomic mass is 32.1. The van der Waals surface area contributed by atoms with E-state index in [2.05, 4.69) is 29.5 Å². The van der Waals surface area contributed by atoms with Gasteiger partial charge in [0.2, 0.25) is 0 Å². The van der Waals surface area contributed by atoms with E-state index in [1.54, 1.807) is 24.3 Å². The quantitative estimate of drug-likeness (QED) is 0.256. The van der Waals surface area contributed by atoms with Crippen LogP contribution < -0.4 is 16.4 Å². The molecule has 1 amide bonds. The molecule has 0 atom stereocenters. The maximum Gasteiger partial charge on any atom is 0.284 e. The number of anilines is 3. The maximum atomic E-state index is 12.7. The fourth-order valence-corrected chi connectivity index (χ4v) is 4.70. The van der Waals surface area contributed by atoms with Crippen LogP contribution in [0.3, 0.4) is 0 Å². The van der Waals surface area contributed by atoms with Gasteiger partial charge in [-0.1, -0.05) is 38.1 Å². The van der Waals surface area contributed by atoms with Gasteiger partial charge in [0, 0.05) is 23.5 Å². The first-order chi connectivity index (χ1) is 16.3. The SMILES string of the molecule is CC(C)c1ccc(NC(=C[N+](=O)[O-])N2CCc3nc(C(=O)Nc4ccccc4N)sc3C2)cc1. The molecule has 9 nitrogen and oxygen atoms in total. The number of carbonyl (C=O) groups is 1. The molecule has 1 aromatic heterocycles. The van der Waals surface area contributed by atoms with Gasteiger partial charge in [-0.25, -0.2) is 4.98 Å². The van der Waals surface area contributed by atoms with Crippen molar-refractivity contribution in [3.8, 4) is 0 Å². The van der Waals surface area contributed by atoms with Gasteiger partial charge >= 0.3 is 0 Å². The van der Waals surface area contributed by atoms with Crippen LogP contribution in [0.5, 0.6) is 0 Å². The van der Waals surface area contributed by atoms with E-state index in [1.807, 2.05) is 29.2 Å². The van der Waals surface area contributed by atoms with Crippen LogP contribution in [0.25, 0.3) is 0 Å². The van der Waals surface area contributed by atoms with Crippen molar-refractivity contribution in [1.29, 1.82) is 0 Å². The van der Waals surface area contributed by atoms with Gasteiger partial charge in [0.15, 0.2) is 10.8 Å². The third kappa shape index (κ3) is 5.34. The van der Waals surface area contributed by atoms with E-state index in [0.717, 1.165) is 22.5 Å². The monoisotopic (exact) mass is 478 g/mol. The van der Waals surface area contributed by atoms with Crippen molar-refractivity contribution in [2.24, 2.45) is 0 Å². The van der Waals surface area contributed by atoms with E-state index in [4.69, 9.17) is 5.73 Å². The zero-order valence-corrected chi connectivity index (χ0v) is 19.8. The number of nitrogens with zero attached hydrogens (tertiary/aromatic N) is 3. The molecule has 0 spiro atoms. The number of benzene rings is 2. The van der Waals surface area contributed by atoms with E-state index < -0.39 is 4.92 Å². The van der Waals surface area contributed by atoms with Crippen molar-refractivity contribution >= 4 is 34.3 Å². The van der Waals surface area contributed by atoms with Gasteiger partial charge < -0.3 is 21.3 Å². The van der Waals surface area contributed by atoms with Gasteiger partial charge in [0.05, 0.1) is 28.5 Å². The number of thiazole rings is 1. The van der Waals surface area contributed by atoms with Crippen LogP contribution in [0.15, 0.2) is 60.6 Å². The predicted molar refractivity (Wildman–Crippen MR) is 134 cm³/mol. The number of para-hydroxylation sites is 2. The number of nitro groups is 1. The summed E-state index contributed by atoms with van der Waals surface area (Å²) in [6.45, 7) is 5.19. The van der Waals surface area contributed by atoms with Crippen LogP contribution in [0.2, 0.25) is 0 Å². The zero-order chi connectivity index (χ0) is 24.2. The molecule has 0 saturated heterocycles. The van der Waals surface area contributed by atoms with Gasteiger partial charge in [-0.05, 0) is 35.7 Å². The number of carbonyl (C=O) groups excluding carboxylic acids is 1. The summed E-state index contributed by atoms with van der Waals surface area (Å²) in [5.41, 5.74) is 9.73. The Bertz CT molecular complexity index is 1240. The van der Waals surface area contributed by atoms with E-state index in [-0.39, 0.29) is 5.91 Å². The summed E-state index contributed by atoms with van der Waals surface area (Å²) in [6.07, 6.45) is 1.56. The van der Waals surface area contributed by atoms with Gasteiger partial charge in [-0.15, -0.1) is 11.3 Å². The lowest BCUT2D eigenvalue weighted by Crippen LogP contribution is -2.33. The summed E-state index contributed by atoms with van der Waals surface area (Å²) in [5.74, 6) is 0.470. The van der Waals surface area contributed by atoms with Crippen molar-refractivity contribution in [2.45, 2.75) is 32.7 Å². The molecular formula is C24H26N6O3S. The van der Waals surface area contributed by atoms with E-state index >= 15 is 0 Å². The zero-order valence-electron chi connectivity index (χ0n) is 18.9. The van der Waals surface area contributed by atoms with Crippen molar-refractivity contribution in [3.05, 3.63) is 91.8 Å². The molecule has 2 aromatic carbocycles. The molecule has 34 heavy (non-hydrogen) atoms. The predicted octanol–water partition coefficient (Wildman–Crippen LogP) is 4.65. The molecule has 0 fully saturated rings. The molecule has 1 aliphatic heterocycles. The fraction of sp³-hybridized carbons (Fsp3) is 0.250. The Morgan fingerprint density at radius 3 is 2.62 bits per heavy atom. The number of nitrogens with two attached hydrogens (primary N) is 1. The number of nitrogen functional groups attached to an aromatic ring is 1. The first kappa shape index (κ1) is 23.2. The molecule has 0 unspecified atom stereocenters. The number of fused-ring (bicyclic) bond motifs is 1. The largest absolute Gasteiger partial charge is 0.397 e. The van der Waals surface area contributed by atoms with Crippen LogP contribution in [0, 0.1) is 10.1 Å². The molecule has 0 radical (unpaired) electrons. The summed E-state index contributed by atoms with van der Waals surface area (Å²) in [5, 5.41) is 17.6. The standard InChI is InChI=1S/C24H26N6O3S/c1-15(2)16-7-9-17(10-8-16)26-22(14-30(32)33)29-12-11-20-21(13-29)34-24(28-20)23(31)27-19-6-4-3-5-18(19)25/h3-10,14-15,26H,11-13,25H2,1-2H3,(H,27,31). The van der Waals surface area contributed by atoms with Crippen LogP contribution in [0.4, 0.5) is 17.1 Å². The molecule has 2 heterocycles. The average Bonchev–Trinajstić information content (AvgIpc) is 3.24. The summed E-state index contributed by atoms with van der Waals surface area (Å²) >= 11 is 1.29. The van der Waals surface area contributed by atoms with Gasteiger partial charge in [-0.3, -0.25) is 14.9 Å². The fourth-order valence-electron chi connectivity index (χ4n) is 3.68. The van der Waals surface area contributed by atoms with Crippen molar-refractivity contribution in [2.75, 3.05) is 22.9 Å². The molecule has 4 rings (SSSR count). The highest BCUT2D eigenvalue weighted by Gasteiger charge is 2.26. The van der Waals surface area contributed by atoms with E-state index in [1.165, 1.54) is 16.9 Å². The van der Waals surface area contributed by atoms with E-state index in [0.29, 0.717) is 47.6 Å². The number of aromatic nitrogens is 1. The second-order valence-electron chi connectivity index (χ2n) is 8.30. The number of hydrogen-bond donors (Lipinski definition) is 3. The Balaban J connectivity index is 1.50. The Hall–Kier alpha value is -3.92. The molecule has 0 saturated carbocycles. The summed E-state index contributed by atoms with van der Waals surface area (Å²) in [7, 11) is 0. The first-order valence-corrected chi connectivity index (χ1v) is 11.7. The highest BCUT2D eigenvalue weighted by Crippen LogP contribution is 2.29. The molecule has 10 heteroatoms. The molecule has 0 aliphatic carbocycles. The molecule has 4 N–H and O–H groups in total. The van der Waals surface area contributed by atoms with Crippen LogP contribution in [-0.4, -0.2) is 27.3 Å². The number of hydrogen-bond acceptors (Lipinski definition) is 8. The first-order valence-electron chi connectivity index (χ1n) is 10.9. The van der Waals surface area contributed by atoms with Gasteiger partial charge in [0.25, 0.3) is 12.1 Å². The molecule has 3 aromatic rings. The average molecular weight is 479 g/mol. The third-order valence-electron chi connectivity index (χ3n) is 5.55. The smallest absolute Gasteiger partial charge is 0.284 e. The van der Waals surface area contributed by atoms with Gasteiger partial charge in [-0.2, -0.15) is 0 Å².